The molecule has 0 unspecified atom stereocenters. The number of rotatable bonds is 3. The van der Waals surface area contributed by atoms with Gasteiger partial charge in [0.1, 0.15) is 0 Å². The third-order valence-corrected chi connectivity index (χ3v) is 2.37. The number of thioether (sulfide) groups is 1. The summed E-state index contributed by atoms with van der Waals surface area (Å²) in [6.07, 6.45) is 2.70. The molecule has 0 spiro atoms. The summed E-state index contributed by atoms with van der Waals surface area (Å²) in [4.78, 5) is 13.1. The fourth-order valence-corrected chi connectivity index (χ4v) is 1.32. The highest BCUT2D eigenvalue weighted by molar-refractivity contribution is 7.98. The molecule has 0 saturated heterocycles. The quantitative estimate of drug-likeness (QED) is 0.336. The van der Waals surface area contributed by atoms with Crippen LogP contribution in [0.5, 0.6) is 0 Å². The van der Waals surface area contributed by atoms with E-state index in [2.05, 4.69) is 4.99 Å². The molecule has 0 heterocycles. The number of aliphatic imine (C=N–C) groups is 1. The first-order valence-corrected chi connectivity index (χ1v) is 4.94. The third-order valence-electron chi connectivity index (χ3n) is 1.62. The molecular formula is C9H7F2NOS. The van der Waals surface area contributed by atoms with Crippen LogP contribution in [0, 0.1) is 0 Å². The predicted molar refractivity (Wildman–Crippen MR) is 50.2 cm³/mol. The van der Waals surface area contributed by atoms with Gasteiger partial charge in [0.05, 0.1) is 0 Å². The maximum atomic E-state index is 13.0. The van der Waals surface area contributed by atoms with E-state index in [1.807, 2.05) is 6.26 Å². The Balaban J connectivity index is 3.02. The Labute approximate surface area is 84.0 Å². The van der Waals surface area contributed by atoms with Gasteiger partial charge in [-0.3, -0.25) is 0 Å². The second-order valence-electron chi connectivity index (χ2n) is 2.47. The lowest BCUT2D eigenvalue weighted by Crippen LogP contribution is -2.08. The van der Waals surface area contributed by atoms with Crippen molar-refractivity contribution in [2.75, 3.05) is 6.26 Å². The largest absolute Gasteiger partial charge is 0.379 e. The van der Waals surface area contributed by atoms with Gasteiger partial charge in [-0.1, -0.05) is 0 Å². The highest BCUT2D eigenvalue weighted by atomic mass is 32.2. The zero-order valence-corrected chi connectivity index (χ0v) is 8.15. The molecule has 5 heteroatoms. The first-order chi connectivity index (χ1) is 6.60. The van der Waals surface area contributed by atoms with Gasteiger partial charge < -0.3 is 0 Å². The fourth-order valence-electron chi connectivity index (χ4n) is 0.913. The molecule has 0 aliphatic rings. The van der Waals surface area contributed by atoms with Crippen molar-refractivity contribution >= 4 is 17.8 Å². The van der Waals surface area contributed by atoms with Gasteiger partial charge in [-0.2, -0.15) is 8.78 Å². The Morgan fingerprint density at radius 1 is 1.36 bits per heavy atom. The number of hydrogen-bond acceptors (Lipinski definition) is 3. The van der Waals surface area contributed by atoms with Crippen LogP contribution in [-0.4, -0.2) is 12.3 Å². The number of isocyanates is 1. The first kappa shape index (κ1) is 10.9. The summed E-state index contributed by atoms with van der Waals surface area (Å²) in [6.45, 7) is 0. The van der Waals surface area contributed by atoms with Crippen molar-refractivity contribution in [3.05, 3.63) is 29.8 Å². The first-order valence-electron chi connectivity index (χ1n) is 3.71. The minimum Gasteiger partial charge on any atom is -0.211 e. The average molecular weight is 215 g/mol. The zero-order chi connectivity index (χ0) is 10.6. The molecule has 1 aromatic rings. The summed E-state index contributed by atoms with van der Waals surface area (Å²) >= 11 is 1.45. The van der Waals surface area contributed by atoms with Crippen molar-refractivity contribution in [2.24, 2.45) is 4.99 Å². The minimum absolute atomic E-state index is 0.307. The molecule has 1 rings (SSSR count). The van der Waals surface area contributed by atoms with Crippen LogP contribution in [-0.2, 0) is 10.8 Å². The van der Waals surface area contributed by atoms with Crippen LogP contribution >= 0.6 is 11.8 Å². The molecule has 74 valence electrons. The van der Waals surface area contributed by atoms with Crippen LogP contribution in [0.1, 0.15) is 5.56 Å². The lowest BCUT2D eigenvalue weighted by Gasteiger charge is -2.08. The molecule has 0 atom stereocenters. The van der Waals surface area contributed by atoms with E-state index in [0.717, 1.165) is 11.0 Å². The Morgan fingerprint density at radius 2 is 1.93 bits per heavy atom. The molecule has 0 saturated carbocycles. The van der Waals surface area contributed by atoms with E-state index in [1.54, 1.807) is 12.1 Å². The molecule has 0 N–H and O–H groups in total. The molecule has 0 fully saturated rings. The number of benzene rings is 1. The Morgan fingerprint density at radius 3 is 2.36 bits per heavy atom. The van der Waals surface area contributed by atoms with Crippen LogP contribution in [0.15, 0.2) is 34.2 Å². The second kappa shape index (κ2) is 4.35. The summed E-state index contributed by atoms with van der Waals surface area (Å²) in [5.41, 5.74) is -0.307. The van der Waals surface area contributed by atoms with Crippen LogP contribution < -0.4 is 0 Å². The van der Waals surface area contributed by atoms with Gasteiger partial charge in [-0.15, -0.1) is 16.8 Å². The number of hydrogen-bond donors (Lipinski definition) is 0. The lowest BCUT2D eigenvalue weighted by atomic mass is 10.2. The van der Waals surface area contributed by atoms with Gasteiger partial charge in [0, 0.05) is 10.5 Å². The number of alkyl halides is 2. The molecule has 0 aromatic heterocycles. The summed E-state index contributed by atoms with van der Waals surface area (Å²) in [6, 6.07) is 2.11. The molecule has 14 heavy (non-hydrogen) atoms. The van der Waals surface area contributed by atoms with E-state index in [-0.39, 0.29) is 5.56 Å². The molecule has 0 amide bonds. The van der Waals surface area contributed by atoms with Crippen LogP contribution in [0.4, 0.5) is 8.78 Å². The Bertz CT molecular complexity index is 358. The topological polar surface area (TPSA) is 29.4 Å². The van der Waals surface area contributed by atoms with E-state index < -0.39 is 6.05 Å². The second-order valence-corrected chi connectivity index (χ2v) is 3.35. The molecule has 0 bridgehead atoms. The summed E-state index contributed by atoms with van der Waals surface area (Å²) < 4.78 is 25.9. The number of carbonyl (C=O) groups excluding carboxylic acids is 1. The summed E-state index contributed by atoms with van der Waals surface area (Å²) in [7, 11) is 0. The molecular weight excluding hydrogens is 208 g/mol. The standard InChI is InChI=1S/C9H7F2NOS/c1-14-8-4-2-7(3-5-8)9(10,11)12-6-13/h2-5H,1H3. The number of halogens is 2. The average Bonchev–Trinajstić information content (AvgIpc) is 2.18. The summed E-state index contributed by atoms with van der Waals surface area (Å²) in [5.74, 6) is 0. The van der Waals surface area contributed by atoms with E-state index >= 15 is 0 Å². The maximum absolute atomic E-state index is 13.0. The lowest BCUT2D eigenvalue weighted by molar-refractivity contribution is 0.00612. The van der Waals surface area contributed by atoms with Gasteiger partial charge in [0.2, 0.25) is 6.08 Å². The van der Waals surface area contributed by atoms with Crippen LogP contribution in [0.3, 0.4) is 0 Å². The minimum atomic E-state index is -3.47. The third kappa shape index (κ3) is 2.40. The van der Waals surface area contributed by atoms with Crippen molar-refractivity contribution in [1.82, 2.24) is 0 Å². The normalized spacial score (nSPS) is 10.8. The SMILES string of the molecule is CSc1ccc(C(F)(F)N=C=O)cc1. The van der Waals surface area contributed by atoms with Gasteiger partial charge in [-0.05, 0) is 30.5 Å². The van der Waals surface area contributed by atoms with Crippen molar-refractivity contribution in [3.63, 3.8) is 0 Å². The Hall–Kier alpha value is -1.19. The molecule has 2 nitrogen and oxygen atoms in total. The number of nitrogens with zero attached hydrogens (tertiary/aromatic N) is 1. The van der Waals surface area contributed by atoms with E-state index in [1.165, 1.54) is 23.9 Å². The van der Waals surface area contributed by atoms with Crippen molar-refractivity contribution in [3.8, 4) is 0 Å². The highest BCUT2D eigenvalue weighted by Gasteiger charge is 2.30. The fraction of sp³-hybridized carbons (Fsp3) is 0.222. The summed E-state index contributed by atoms with van der Waals surface area (Å²) in [5, 5.41) is 0. The van der Waals surface area contributed by atoms with Crippen LogP contribution in [0.25, 0.3) is 0 Å². The van der Waals surface area contributed by atoms with Gasteiger partial charge >= 0.3 is 6.05 Å². The molecule has 0 aliphatic carbocycles. The van der Waals surface area contributed by atoms with Crippen molar-refractivity contribution in [1.29, 1.82) is 0 Å². The smallest absolute Gasteiger partial charge is 0.211 e. The zero-order valence-electron chi connectivity index (χ0n) is 7.33. The maximum Gasteiger partial charge on any atom is 0.379 e. The van der Waals surface area contributed by atoms with E-state index in [4.69, 9.17) is 0 Å². The van der Waals surface area contributed by atoms with Gasteiger partial charge in [0.15, 0.2) is 0 Å². The van der Waals surface area contributed by atoms with Crippen LogP contribution in [0.2, 0.25) is 0 Å². The Kier molecular flexibility index (Phi) is 3.38. The van der Waals surface area contributed by atoms with E-state index in [9.17, 15) is 13.6 Å². The van der Waals surface area contributed by atoms with Crippen molar-refractivity contribution in [2.45, 2.75) is 10.9 Å². The molecule has 0 aliphatic heterocycles. The van der Waals surface area contributed by atoms with Gasteiger partial charge in [0.25, 0.3) is 0 Å². The monoisotopic (exact) mass is 215 g/mol. The predicted octanol–water partition coefficient (Wildman–Crippen LogP) is 2.79. The highest BCUT2D eigenvalue weighted by Crippen LogP contribution is 2.29. The van der Waals surface area contributed by atoms with Crippen molar-refractivity contribution < 1.29 is 13.6 Å². The van der Waals surface area contributed by atoms with E-state index in [0.29, 0.717) is 0 Å². The molecule has 0 radical (unpaired) electrons. The van der Waals surface area contributed by atoms with Gasteiger partial charge in [-0.25, -0.2) is 4.79 Å². The molecule has 1 aromatic carbocycles.